The summed E-state index contributed by atoms with van der Waals surface area (Å²) in [5.74, 6) is 0.0277. The van der Waals surface area contributed by atoms with E-state index in [9.17, 15) is 4.79 Å². The van der Waals surface area contributed by atoms with E-state index >= 15 is 0 Å². The van der Waals surface area contributed by atoms with E-state index in [1.165, 1.54) is 27.7 Å². The second-order valence-corrected chi connectivity index (χ2v) is 7.15. The van der Waals surface area contributed by atoms with Gasteiger partial charge >= 0.3 is 0 Å². The third-order valence-electron chi connectivity index (χ3n) is 5.19. The molecule has 2 heterocycles. The van der Waals surface area contributed by atoms with Crippen LogP contribution in [0.15, 0.2) is 18.2 Å². The molecular weight excluding hydrogens is 314 g/mol. The Labute approximate surface area is 149 Å². The Hall–Kier alpha value is -1.85. The maximum atomic E-state index is 11.7. The zero-order chi connectivity index (χ0) is 18.0. The van der Waals surface area contributed by atoms with Crippen LogP contribution in [0.4, 0.5) is 0 Å². The molecule has 0 aliphatic carbocycles. The molecule has 1 saturated heterocycles. The predicted octanol–water partition coefficient (Wildman–Crippen LogP) is 2.40. The van der Waals surface area contributed by atoms with Crippen molar-refractivity contribution in [2.24, 2.45) is 0 Å². The van der Waals surface area contributed by atoms with Crippen LogP contribution in [-0.4, -0.2) is 54.3 Å². The van der Waals surface area contributed by atoms with Gasteiger partial charge in [0.1, 0.15) is 0 Å². The van der Waals surface area contributed by atoms with Gasteiger partial charge in [0.05, 0.1) is 19.3 Å². The quantitative estimate of drug-likeness (QED) is 0.907. The van der Waals surface area contributed by atoms with Crippen molar-refractivity contribution in [3.05, 3.63) is 35.0 Å². The summed E-state index contributed by atoms with van der Waals surface area (Å²) >= 11 is 0. The molecule has 1 fully saturated rings. The van der Waals surface area contributed by atoms with E-state index in [1.54, 1.807) is 6.92 Å². The summed E-state index contributed by atoms with van der Waals surface area (Å²) < 4.78 is 7.79. The van der Waals surface area contributed by atoms with E-state index in [0.29, 0.717) is 0 Å². The highest BCUT2D eigenvalue weighted by molar-refractivity contribution is 5.86. The largest absolute Gasteiger partial charge is 0.379 e. The molecule has 1 N–H and O–H groups in total. The predicted molar refractivity (Wildman–Crippen MR) is 101 cm³/mol. The molecule has 3 rings (SSSR count). The number of ether oxygens (including phenoxy) is 1. The maximum Gasteiger partial charge on any atom is 0.217 e. The van der Waals surface area contributed by atoms with Crippen molar-refractivity contribution >= 4 is 16.8 Å². The van der Waals surface area contributed by atoms with E-state index in [1.807, 2.05) is 0 Å². The summed E-state index contributed by atoms with van der Waals surface area (Å²) in [5.41, 5.74) is 5.13. The SMILES string of the molecule is CC(=O)NC(CN1CCOCC1)Cn1c(C)c(C)c2cc(C)ccc21. The molecule has 1 unspecified atom stereocenters. The third-order valence-corrected chi connectivity index (χ3v) is 5.19. The first-order valence-corrected chi connectivity index (χ1v) is 9.09. The first-order valence-electron chi connectivity index (χ1n) is 9.09. The van der Waals surface area contributed by atoms with Crippen LogP contribution in [0.2, 0.25) is 0 Å². The summed E-state index contributed by atoms with van der Waals surface area (Å²) in [6, 6.07) is 6.70. The molecule has 0 radical (unpaired) electrons. The van der Waals surface area contributed by atoms with Gasteiger partial charge in [-0.25, -0.2) is 0 Å². The second-order valence-electron chi connectivity index (χ2n) is 7.15. The number of nitrogens with one attached hydrogen (secondary N) is 1. The summed E-state index contributed by atoms with van der Waals surface area (Å²) in [4.78, 5) is 14.1. The zero-order valence-electron chi connectivity index (χ0n) is 15.8. The molecular formula is C20H29N3O2. The zero-order valence-corrected chi connectivity index (χ0v) is 15.8. The minimum atomic E-state index is 0.0277. The van der Waals surface area contributed by atoms with Gasteiger partial charge in [0, 0.05) is 49.7 Å². The average molecular weight is 343 g/mol. The van der Waals surface area contributed by atoms with Gasteiger partial charge in [-0.1, -0.05) is 11.6 Å². The Morgan fingerprint density at radius 1 is 1.20 bits per heavy atom. The lowest BCUT2D eigenvalue weighted by Crippen LogP contribution is -2.48. The minimum absolute atomic E-state index is 0.0277. The Morgan fingerprint density at radius 3 is 2.60 bits per heavy atom. The van der Waals surface area contributed by atoms with Crippen molar-refractivity contribution in [3.63, 3.8) is 0 Å². The molecule has 0 saturated carbocycles. The molecule has 136 valence electrons. The molecule has 25 heavy (non-hydrogen) atoms. The number of aromatic nitrogens is 1. The lowest BCUT2D eigenvalue weighted by molar-refractivity contribution is -0.120. The van der Waals surface area contributed by atoms with Gasteiger partial charge in [-0.2, -0.15) is 0 Å². The van der Waals surface area contributed by atoms with Crippen molar-refractivity contribution in [1.82, 2.24) is 14.8 Å². The molecule has 5 heteroatoms. The Balaban J connectivity index is 1.86. The summed E-state index contributed by atoms with van der Waals surface area (Å²) in [6.07, 6.45) is 0. The van der Waals surface area contributed by atoms with Crippen molar-refractivity contribution in [1.29, 1.82) is 0 Å². The van der Waals surface area contributed by atoms with Gasteiger partial charge in [0.25, 0.3) is 0 Å². The molecule has 1 atom stereocenters. The molecule has 1 amide bonds. The molecule has 0 bridgehead atoms. The highest BCUT2D eigenvalue weighted by Gasteiger charge is 2.20. The fourth-order valence-electron chi connectivity index (χ4n) is 3.75. The van der Waals surface area contributed by atoms with Gasteiger partial charge in [-0.15, -0.1) is 0 Å². The fourth-order valence-corrected chi connectivity index (χ4v) is 3.75. The molecule has 1 aromatic heterocycles. The molecule has 1 aliphatic rings. The van der Waals surface area contributed by atoms with Crippen molar-refractivity contribution in [2.75, 3.05) is 32.8 Å². The Kier molecular flexibility index (Phi) is 5.45. The minimum Gasteiger partial charge on any atom is -0.379 e. The van der Waals surface area contributed by atoms with Crippen LogP contribution >= 0.6 is 0 Å². The number of hydrogen-bond acceptors (Lipinski definition) is 3. The van der Waals surface area contributed by atoms with Crippen LogP contribution in [0.5, 0.6) is 0 Å². The number of hydrogen-bond donors (Lipinski definition) is 1. The number of benzene rings is 1. The summed E-state index contributed by atoms with van der Waals surface area (Å²) in [7, 11) is 0. The van der Waals surface area contributed by atoms with Crippen LogP contribution < -0.4 is 5.32 Å². The number of nitrogens with zero attached hydrogens (tertiary/aromatic N) is 2. The van der Waals surface area contributed by atoms with E-state index in [0.717, 1.165) is 39.4 Å². The van der Waals surface area contributed by atoms with E-state index in [2.05, 4.69) is 53.8 Å². The number of aryl methyl sites for hydroxylation is 2. The maximum absolute atomic E-state index is 11.7. The smallest absolute Gasteiger partial charge is 0.217 e. The van der Waals surface area contributed by atoms with Crippen LogP contribution in [0.25, 0.3) is 10.9 Å². The van der Waals surface area contributed by atoms with Crippen molar-refractivity contribution in [2.45, 2.75) is 40.3 Å². The van der Waals surface area contributed by atoms with Gasteiger partial charge < -0.3 is 14.6 Å². The molecule has 5 nitrogen and oxygen atoms in total. The number of morpholine rings is 1. The summed E-state index contributed by atoms with van der Waals surface area (Å²) in [5, 5.41) is 4.46. The monoisotopic (exact) mass is 343 g/mol. The number of fused-ring (bicyclic) bond motifs is 1. The highest BCUT2D eigenvalue weighted by Crippen LogP contribution is 2.26. The highest BCUT2D eigenvalue weighted by atomic mass is 16.5. The van der Waals surface area contributed by atoms with E-state index < -0.39 is 0 Å². The van der Waals surface area contributed by atoms with E-state index in [4.69, 9.17) is 4.74 Å². The van der Waals surface area contributed by atoms with Crippen molar-refractivity contribution in [3.8, 4) is 0 Å². The molecule has 0 spiro atoms. The topological polar surface area (TPSA) is 46.5 Å². The van der Waals surface area contributed by atoms with Gasteiger partial charge in [0.2, 0.25) is 5.91 Å². The number of rotatable bonds is 5. The van der Waals surface area contributed by atoms with Crippen molar-refractivity contribution < 1.29 is 9.53 Å². The summed E-state index contributed by atoms with van der Waals surface area (Å²) in [6.45, 7) is 13.1. The Morgan fingerprint density at radius 2 is 1.92 bits per heavy atom. The normalized spacial score (nSPS) is 17.0. The fraction of sp³-hybridized carbons (Fsp3) is 0.550. The molecule has 2 aromatic rings. The van der Waals surface area contributed by atoms with Gasteiger partial charge in [0.15, 0.2) is 0 Å². The standard InChI is InChI=1S/C20H29N3O2/c1-14-5-6-20-19(11-14)15(2)16(3)23(20)13-18(21-17(4)24)12-22-7-9-25-10-8-22/h5-6,11,18H,7-10,12-13H2,1-4H3,(H,21,24). The Bertz CT molecular complexity index is 760. The average Bonchev–Trinajstić information content (AvgIpc) is 2.80. The van der Waals surface area contributed by atoms with E-state index in [-0.39, 0.29) is 11.9 Å². The first kappa shape index (κ1) is 18.0. The third kappa shape index (κ3) is 4.05. The number of carbonyl (C=O) groups excluding carboxylic acids is 1. The lowest BCUT2D eigenvalue weighted by atomic mass is 10.1. The molecule has 1 aromatic carbocycles. The van der Waals surface area contributed by atoms with Gasteiger partial charge in [-0.3, -0.25) is 9.69 Å². The van der Waals surface area contributed by atoms with Crippen LogP contribution in [0.1, 0.15) is 23.7 Å². The van der Waals surface area contributed by atoms with Crippen LogP contribution in [0, 0.1) is 20.8 Å². The van der Waals surface area contributed by atoms with Crippen LogP contribution in [-0.2, 0) is 16.1 Å². The number of amides is 1. The van der Waals surface area contributed by atoms with Gasteiger partial charge in [-0.05, 0) is 38.5 Å². The second kappa shape index (κ2) is 7.58. The lowest BCUT2D eigenvalue weighted by Gasteiger charge is -2.31. The van der Waals surface area contributed by atoms with Crippen LogP contribution in [0.3, 0.4) is 0 Å². The first-order chi connectivity index (χ1) is 12.0. The molecule has 1 aliphatic heterocycles. The number of carbonyl (C=O) groups is 1.